The highest BCUT2D eigenvalue weighted by Crippen LogP contribution is 2.27. The maximum Gasteiger partial charge on any atom is 0.253 e. The molecule has 0 saturated carbocycles. The summed E-state index contributed by atoms with van der Waals surface area (Å²) in [5, 5.41) is 5.83. The standard InChI is InChI=1S/C29H36FN9O2/c1-37(2)20-8-10-38(16-20)17-25(40)18-6-11-39(12-7-18)19-3-4-26(32-14-19)35-29-33-15-22(30)27(36-29)24-13-21-23(34-24)5-9-31-28(21)41/h3-4,13-15,18,20,34H,5-12,16-17H2,1-2H3,(H,31,41)(H,32,33,35,36). The predicted molar refractivity (Wildman–Crippen MR) is 154 cm³/mol. The van der Waals surface area contributed by atoms with Gasteiger partial charge in [0.2, 0.25) is 5.95 Å². The third-order valence-electron chi connectivity index (χ3n) is 8.46. The second-order valence-corrected chi connectivity index (χ2v) is 11.4. The Hall–Kier alpha value is -3.90. The van der Waals surface area contributed by atoms with Crippen LogP contribution >= 0.6 is 0 Å². The Kier molecular flexibility index (Phi) is 7.67. The number of halogens is 1. The van der Waals surface area contributed by atoms with Crippen LogP contribution in [0.1, 0.15) is 35.3 Å². The van der Waals surface area contributed by atoms with Crippen LogP contribution in [-0.2, 0) is 11.2 Å². The van der Waals surface area contributed by atoms with Crippen molar-refractivity contribution in [2.45, 2.75) is 31.7 Å². The Labute approximate surface area is 238 Å². The zero-order chi connectivity index (χ0) is 28.5. The third-order valence-corrected chi connectivity index (χ3v) is 8.46. The van der Waals surface area contributed by atoms with Crippen LogP contribution in [0.4, 0.5) is 21.8 Å². The number of pyridine rings is 1. The number of likely N-dealkylation sites (tertiary alicyclic amines) is 1. The molecule has 0 aliphatic carbocycles. The van der Waals surface area contributed by atoms with E-state index in [9.17, 15) is 14.0 Å². The second kappa shape index (κ2) is 11.5. The van der Waals surface area contributed by atoms with E-state index in [4.69, 9.17) is 0 Å². The number of aromatic amines is 1. The smallest absolute Gasteiger partial charge is 0.253 e. The van der Waals surface area contributed by atoms with Crippen molar-refractivity contribution in [3.63, 3.8) is 0 Å². The molecular formula is C29H36FN9O2. The summed E-state index contributed by atoms with van der Waals surface area (Å²) in [5.41, 5.74) is 2.78. The van der Waals surface area contributed by atoms with Crippen LogP contribution in [-0.4, -0.2) is 101 Å². The average Bonchev–Trinajstić information content (AvgIpc) is 3.63. The predicted octanol–water partition coefficient (Wildman–Crippen LogP) is 2.46. The summed E-state index contributed by atoms with van der Waals surface area (Å²) < 4.78 is 14.6. The van der Waals surface area contributed by atoms with Gasteiger partial charge >= 0.3 is 0 Å². The maximum absolute atomic E-state index is 14.6. The summed E-state index contributed by atoms with van der Waals surface area (Å²) in [5.74, 6) is 0.447. The van der Waals surface area contributed by atoms with E-state index in [0.29, 0.717) is 48.4 Å². The molecule has 1 amide bonds. The lowest BCUT2D eigenvalue weighted by molar-refractivity contribution is -0.124. The fraction of sp³-hybridized carbons (Fsp3) is 0.483. The van der Waals surface area contributed by atoms with Crippen LogP contribution in [0.3, 0.4) is 0 Å². The maximum atomic E-state index is 14.6. The van der Waals surface area contributed by atoms with E-state index in [2.05, 4.69) is 59.4 Å². The SMILES string of the molecule is CN(C)C1CCN(CC(=O)C2CCN(c3ccc(Nc4ncc(F)c(-c5cc6c([nH]5)CCNC6=O)n4)nc3)CC2)C1. The minimum absolute atomic E-state index is 0.0842. The van der Waals surface area contributed by atoms with Crippen molar-refractivity contribution in [2.75, 3.05) is 63.6 Å². The number of hydrogen-bond acceptors (Lipinski definition) is 9. The molecule has 0 aromatic carbocycles. The number of nitrogens with zero attached hydrogens (tertiary/aromatic N) is 6. The van der Waals surface area contributed by atoms with Crippen LogP contribution in [0.25, 0.3) is 11.4 Å². The molecule has 0 spiro atoms. The Bertz CT molecular complexity index is 1420. The minimum atomic E-state index is -0.585. The van der Waals surface area contributed by atoms with E-state index in [1.807, 2.05) is 12.1 Å². The van der Waals surface area contributed by atoms with Crippen molar-refractivity contribution < 1.29 is 14.0 Å². The number of rotatable bonds is 8. The fourth-order valence-electron chi connectivity index (χ4n) is 5.99. The van der Waals surface area contributed by atoms with Crippen molar-refractivity contribution in [3.05, 3.63) is 47.7 Å². The summed E-state index contributed by atoms with van der Waals surface area (Å²) in [6.45, 7) is 4.70. The highest BCUT2D eigenvalue weighted by atomic mass is 19.1. The molecule has 3 aromatic heterocycles. The molecule has 2 saturated heterocycles. The topological polar surface area (TPSA) is 122 Å². The van der Waals surface area contributed by atoms with E-state index in [0.717, 1.165) is 63.0 Å². The molecule has 6 heterocycles. The van der Waals surface area contributed by atoms with E-state index in [-0.39, 0.29) is 23.5 Å². The third kappa shape index (κ3) is 5.94. The number of nitrogens with one attached hydrogen (secondary N) is 3. The first kappa shape index (κ1) is 27.3. The summed E-state index contributed by atoms with van der Waals surface area (Å²) in [6, 6.07) is 5.98. The van der Waals surface area contributed by atoms with Gasteiger partial charge in [-0.15, -0.1) is 0 Å². The number of likely N-dealkylation sites (N-methyl/N-ethyl adjacent to an activating group) is 1. The molecule has 41 heavy (non-hydrogen) atoms. The lowest BCUT2D eigenvalue weighted by Crippen LogP contribution is -2.40. The Morgan fingerprint density at radius 2 is 1.98 bits per heavy atom. The van der Waals surface area contributed by atoms with E-state index >= 15 is 0 Å². The number of carbonyl (C=O) groups excluding carboxylic acids is 2. The average molecular weight is 562 g/mol. The molecule has 11 nitrogen and oxygen atoms in total. The Morgan fingerprint density at radius 3 is 2.68 bits per heavy atom. The van der Waals surface area contributed by atoms with Gasteiger partial charge in [-0.1, -0.05) is 0 Å². The van der Waals surface area contributed by atoms with Gasteiger partial charge in [-0.2, -0.15) is 0 Å². The molecule has 2 fully saturated rings. The monoisotopic (exact) mass is 561 g/mol. The van der Waals surface area contributed by atoms with Gasteiger partial charge in [-0.3, -0.25) is 14.5 Å². The molecule has 3 aliphatic rings. The molecule has 216 valence electrons. The molecular weight excluding hydrogens is 525 g/mol. The highest BCUT2D eigenvalue weighted by molar-refractivity contribution is 5.97. The lowest BCUT2D eigenvalue weighted by Gasteiger charge is -2.33. The molecule has 12 heteroatoms. The van der Waals surface area contributed by atoms with Gasteiger partial charge in [0.25, 0.3) is 5.91 Å². The number of piperidine rings is 1. The number of carbonyl (C=O) groups is 2. The summed E-state index contributed by atoms with van der Waals surface area (Å²) in [4.78, 5) is 47.9. The number of fused-ring (bicyclic) bond motifs is 1. The van der Waals surface area contributed by atoms with Gasteiger partial charge in [0.05, 0.1) is 35.9 Å². The minimum Gasteiger partial charge on any atom is -0.370 e. The van der Waals surface area contributed by atoms with Crippen LogP contribution < -0.4 is 15.5 Å². The molecule has 0 radical (unpaired) electrons. The van der Waals surface area contributed by atoms with E-state index < -0.39 is 5.82 Å². The number of ketones is 1. The molecule has 3 aromatic rings. The highest BCUT2D eigenvalue weighted by Gasteiger charge is 2.30. The van der Waals surface area contributed by atoms with Crippen LogP contribution in [0.5, 0.6) is 0 Å². The first-order chi connectivity index (χ1) is 19.8. The second-order valence-electron chi connectivity index (χ2n) is 11.4. The Balaban J connectivity index is 1.04. The zero-order valence-electron chi connectivity index (χ0n) is 23.5. The van der Waals surface area contributed by atoms with Gasteiger partial charge in [-0.05, 0) is 51.6 Å². The number of amides is 1. The van der Waals surface area contributed by atoms with Crippen molar-refractivity contribution in [1.29, 1.82) is 0 Å². The molecule has 1 unspecified atom stereocenters. The van der Waals surface area contributed by atoms with E-state index in [1.165, 1.54) is 0 Å². The quantitative estimate of drug-likeness (QED) is 0.381. The number of aromatic nitrogens is 4. The van der Waals surface area contributed by atoms with Gasteiger partial charge in [0.15, 0.2) is 5.82 Å². The first-order valence-corrected chi connectivity index (χ1v) is 14.3. The van der Waals surface area contributed by atoms with E-state index in [1.54, 1.807) is 12.3 Å². The number of anilines is 3. The molecule has 3 N–H and O–H groups in total. The fourth-order valence-corrected chi connectivity index (χ4v) is 5.99. The van der Waals surface area contributed by atoms with Crippen LogP contribution in [0.15, 0.2) is 30.6 Å². The number of Topliss-reactive ketones (excluding diaryl/α,β-unsaturated/α-hetero) is 1. The van der Waals surface area contributed by atoms with Crippen molar-refractivity contribution in [3.8, 4) is 11.4 Å². The first-order valence-electron chi connectivity index (χ1n) is 14.3. The molecule has 6 rings (SSSR count). The summed E-state index contributed by atoms with van der Waals surface area (Å²) >= 11 is 0. The Morgan fingerprint density at radius 1 is 1.15 bits per heavy atom. The largest absolute Gasteiger partial charge is 0.370 e. The van der Waals surface area contributed by atoms with Crippen molar-refractivity contribution >= 4 is 29.1 Å². The van der Waals surface area contributed by atoms with Crippen molar-refractivity contribution in [2.24, 2.45) is 5.92 Å². The normalized spacial score (nSPS) is 19.9. The molecule has 3 aliphatic heterocycles. The van der Waals surface area contributed by atoms with Gasteiger partial charge in [0.1, 0.15) is 17.3 Å². The van der Waals surface area contributed by atoms with Gasteiger partial charge in [-0.25, -0.2) is 19.3 Å². The van der Waals surface area contributed by atoms with Crippen LogP contribution in [0.2, 0.25) is 0 Å². The molecule has 1 atom stereocenters. The number of H-pyrrole nitrogens is 1. The lowest BCUT2D eigenvalue weighted by atomic mass is 9.92. The number of hydrogen-bond donors (Lipinski definition) is 3. The summed E-state index contributed by atoms with van der Waals surface area (Å²) in [7, 11) is 4.21. The van der Waals surface area contributed by atoms with Gasteiger partial charge < -0.3 is 25.4 Å². The molecule has 0 bridgehead atoms. The van der Waals surface area contributed by atoms with Gasteiger partial charge in [0, 0.05) is 56.8 Å². The zero-order valence-corrected chi connectivity index (χ0v) is 23.5. The van der Waals surface area contributed by atoms with Crippen LogP contribution in [0, 0.1) is 11.7 Å². The van der Waals surface area contributed by atoms with Crippen molar-refractivity contribution in [1.82, 2.24) is 35.1 Å². The summed E-state index contributed by atoms with van der Waals surface area (Å²) in [6.07, 6.45) is 6.37.